The van der Waals surface area contributed by atoms with Crippen LogP contribution in [0.15, 0.2) is 0 Å². The summed E-state index contributed by atoms with van der Waals surface area (Å²) in [5, 5.41) is 2.93. The second kappa shape index (κ2) is 7.12. The quantitative estimate of drug-likeness (QED) is 0.811. The predicted octanol–water partition coefficient (Wildman–Crippen LogP) is 2.57. The van der Waals surface area contributed by atoms with Gasteiger partial charge in [0.05, 0.1) is 6.42 Å². The molecule has 1 amide bonds. The van der Waals surface area contributed by atoms with Gasteiger partial charge in [0.1, 0.15) is 0 Å². The topological polar surface area (TPSA) is 32.3 Å². The second-order valence-electron chi connectivity index (χ2n) is 5.35. The molecule has 3 nitrogen and oxygen atoms in total. The summed E-state index contributed by atoms with van der Waals surface area (Å²) >= 11 is 0. The Bertz CT molecular complexity index is 294. The van der Waals surface area contributed by atoms with E-state index in [2.05, 4.69) is 5.32 Å². The molecule has 1 saturated heterocycles. The lowest BCUT2D eigenvalue weighted by molar-refractivity contribution is -0.137. The van der Waals surface area contributed by atoms with Gasteiger partial charge in [-0.3, -0.25) is 4.79 Å². The van der Waals surface area contributed by atoms with Crippen LogP contribution in [0.5, 0.6) is 0 Å². The minimum Gasteiger partial charge on any atom is -0.352 e. The van der Waals surface area contributed by atoms with Crippen LogP contribution in [-0.4, -0.2) is 42.7 Å². The molecule has 0 bridgehead atoms. The molecule has 0 saturated carbocycles. The van der Waals surface area contributed by atoms with Crippen LogP contribution in [0.1, 0.15) is 39.5 Å². The Morgan fingerprint density at radius 3 is 2.74 bits per heavy atom. The molecule has 1 N–H and O–H groups in total. The minimum absolute atomic E-state index is 0.0000368. The van der Waals surface area contributed by atoms with E-state index in [-0.39, 0.29) is 24.4 Å². The average Bonchev–Trinajstić information content (AvgIpc) is 2.73. The third kappa shape index (κ3) is 6.27. The Morgan fingerprint density at radius 2 is 2.16 bits per heavy atom. The van der Waals surface area contributed by atoms with E-state index in [0.717, 1.165) is 19.3 Å². The van der Waals surface area contributed by atoms with Crippen molar-refractivity contribution in [2.45, 2.75) is 51.7 Å². The molecule has 0 radical (unpaired) electrons. The van der Waals surface area contributed by atoms with Gasteiger partial charge in [0.15, 0.2) is 0 Å². The number of nitrogens with zero attached hydrogens (tertiary/aromatic N) is 1. The van der Waals surface area contributed by atoms with Crippen LogP contribution in [0.3, 0.4) is 0 Å². The van der Waals surface area contributed by atoms with Crippen LogP contribution in [0.25, 0.3) is 0 Å². The lowest BCUT2D eigenvalue weighted by Crippen LogP contribution is -2.40. The van der Waals surface area contributed by atoms with E-state index in [9.17, 15) is 18.0 Å². The summed E-state index contributed by atoms with van der Waals surface area (Å²) in [6, 6.07) is 0.0000368. The molecule has 6 heteroatoms. The maximum Gasteiger partial charge on any atom is 0.390 e. The van der Waals surface area contributed by atoms with Gasteiger partial charge in [0.2, 0.25) is 5.91 Å². The predicted molar refractivity (Wildman–Crippen MR) is 67.7 cm³/mol. The van der Waals surface area contributed by atoms with Gasteiger partial charge in [-0.15, -0.1) is 0 Å². The zero-order valence-electron chi connectivity index (χ0n) is 11.6. The number of hydrogen-bond acceptors (Lipinski definition) is 2. The molecule has 1 aliphatic rings. The van der Waals surface area contributed by atoms with Gasteiger partial charge >= 0.3 is 6.18 Å². The molecule has 112 valence electrons. The summed E-state index contributed by atoms with van der Waals surface area (Å²) < 4.78 is 36.3. The molecule has 0 aromatic heterocycles. The van der Waals surface area contributed by atoms with Crippen molar-refractivity contribution in [3.63, 3.8) is 0 Å². The van der Waals surface area contributed by atoms with Crippen LogP contribution >= 0.6 is 0 Å². The van der Waals surface area contributed by atoms with Crippen LogP contribution in [0, 0.1) is 5.92 Å². The van der Waals surface area contributed by atoms with Crippen molar-refractivity contribution in [1.29, 1.82) is 0 Å². The highest BCUT2D eigenvalue weighted by molar-refractivity contribution is 5.78. The standard InChI is InChI=1S/C13H23F3N2O/c1-3-4-10(2)12(19)17-11-5-7-18(9-11)8-6-13(14,15)16/h10-11H,3-9H2,1-2H3,(H,17,19)/t10?,11-/m1/s1. The number of alkyl halides is 3. The van der Waals surface area contributed by atoms with Crippen molar-refractivity contribution in [2.75, 3.05) is 19.6 Å². The number of nitrogens with one attached hydrogen (secondary N) is 1. The fraction of sp³-hybridized carbons (Fsp3) is 0.923. The van der Waals surface area contributed by atoms with Crippen molar-refractivity contribution < 1.29 is 18.0 Å². The summed E-state index contributed by atoms with van der Waals surface area (Å²) in [7, 11) is 0. The van der Waals surface area contributed by atoms with Crippen molar-refractivity contribution in [1.82, 2.24) is 10.2 Å². The monoisotopic (exact) mass is 280 g/mol. The van der Waals surface area contributed by atoms with Crippen molar-refractivity contribution in [2.24, 2.45) is 5.92 Å². The van der Waals surface area contributed by atoms with Gasteiger partial charge in [-0.05, 0) is 12.8 Å². The van der Waals surface area contributed by atoms with Crippen LogP contribution in [0.4, 0.5) is 13.2 Å². The molecule has 1 aliphatic heterocycles. The average molecular weight is 280 g/mol. The molecule has 2 atom stereocenters. The number of amides is 1. The van der Waals surface area contributed by atoms with Gasteiger partial charge in [0.25, 0.3) is 0 Å². The van der Waals surface area contributed by atoms with Crippen molar-refractivity contribution in [3.8, 4) is 0 Å². The molecule has 19 heavy (non-hydrogen) atoms. The van der Waals surface area contributed by atoms with Crippen LogP contribution in [-0.2, 0) is 4.79 Å². The van der Waals surface area contributed by atoms with Gasteiger partial charge < -0.3 is 10.2 Å². The van der Waals surface area contributed by atoms with Gasteiger partial charge in [-0.2, -0.15) is 13.2 Å². The van der Waals surface area contributed by atoms with Gasteiger partial charge in [-0.25, -0.2) is 0 Å². The zero-order chi connectivity index (χ0) is 14.5. The van der Waals surface area contributed by atoms with Gasteiger partial charge in [0, 0.05) is 31.6 Å². The van der Waals surface area contributed by atoms with E-state index in [0.29, 0.717) is 13.1 Å². The highest BCUT2D eigenvalue weighted by Gasteiger charge is 2.31. The summed E-state index contributed by atoms with van der Waals surface area (Å²) in [6.07, 6.45) is -2.34. The normalized spacial score (nSPS) is 22.5. The number of likely N-dealkylation sites (tertiary alicyclic amines) is 1. The van der Waals surface area contributed by atoms with Crippen LogP contribution < -0.4 is 5.32 Å². The van der Waals surface area contributed by atoms with E-state index in [4.69, 9.17) is 0 Å². The largest absolute Gasteiger partial charge is 0.390 e. The first-order valence-corrected chi connectivity index (χ1v) is 6.91. The lowest BCUT2D eigenvalue weighted by atomic mass is 10.0. The first-order chi connectivity index (χ1) is 8.81. The SMILES string of the molecule is CCCC(C)C(=O)N[C@@H]1CCN(CCC(F)(F)F)C1. The van der Waals surface area contributed by atoms with Crippen molar-refractivity contribution in [3.05, 3.63) is 0 Å². The van der Waals surface area contributed by atoms with E-state index in [1.54, 1.807) is 4.90 Å². The summed E-state index contributed by atoms with van der Waals surface area (Å²) in [5.74, 6) is -0.00116. The van der Waals surface area contributed by atoms with E-state index in [1.165, 1.54) is 0 Å². The van der Waals surface area contributed by atoms with E-state index in [1.807, 2.05) is 13.8 Å². The number of hydrogen-bond donors (Lipinski definition) is 1. The number of halogens is 3. The van der Waals surface area contributed by atoms with Crippen LogP contribution in [0.2, 0.25) is 0 Å². The zero-order valence-corrected chi connectivity index (χ0v) is 11.6. The molecule has 0 spiro atoms. The molecular formula is C13H23F3N2O. The first kappa shape index (κ1) is 16.3. The highest BCUT2D eigenvalue weighted by atomic mass is 19.4. The number of carbonyl (C=O) groups is 1. The Labute approximate surface area is 112 Å². The molecule has 0 aromatic carbocycles. The summed E-state index contributed by atoms with van der Waals surface area (Å²) in [5.41, 5.74) is 0. The van der Waals surface area contributed by atoms with Gasteiger partial charge in [-0.1, -0.05) is 20.3 Å². The third-order valence-corrected chi connectivity index (χ3v) is 3.50. The molecule has 1 rings (SSSR count). The summed E-state index contributed by atoms with van der Waals surface area (Å²) in [6.45, 7) is 5.09. The Morgan fingerprint density at radius 1 is 1.47 bits per heavy atom. The fourth-order valence-corrected chi connectivity index (χ4v) is 2.35. The third-order valence-electron chi connectivity index (χ3n) is 3.50. The Kier molecular flexibility index (Phi) is 6.10. The molecule has 1 heterocycles. The minimum atomic E-state index is -4.10. The molecular weight excluding hydrogens is 257 g/mol. The Hall–Kier alpha value is -0.780. The smallest absolute Gasteiger partial charge is 0.352 e. The lowest BCUT2D eigenvalue weighted by Gasteiger charge is -2.19. The molecule has 1 unspecified atom stereocenters. The van der Waals surface area contributed by atoms with Crippen molar-refractivity contribution >= 4 is 5.91 Å². The second-order valence-corrected chi connectivity index (χ2v) is 5.35. The number of rotatable bonds is 6. The van der Waals surface area contributed by atoms with E-state index < -0.39 is 12.6 Å². The fourth-order valence-electron chi connectivity index (χ4n) is 2.35. The maximum atomic E-state index is 12.1. The molecule has 1 fully saturated rings. The Balaban J connectivity index is 2.26. The molecule has 0 aliphatic carbocycles. The first-order valence-electron chi connectivity index (χ1n) is 6.91. The highest BCUT2D eigenvalue weighted by Crippen LogP contribution is 2.21. The number of carbonyl (C=O) groups excluding carboxylic acids is 1. The molecule has 0 aromatic rings. The maximum absolute atomic E-state index is 12.1. The summed E-state index contributed by atoms with van der Waals surface area (Å²) in [4.78, 5) is 13.6. The van der Waals surface area contributed by atoms with E-state index >= 15 is 0 Å².